The first-order valence-corrected chi connectivity index (χ1v) is 9.03. The van der Waals surface area contributed by atoms with E-state index in [1.54, 1.807) is 0 Å². The summed E-state index contributed by atoms with van der Waals surface area (Å²) in [5.74, 6) is 0. The van der Waals surface area contributed by atoms with Crippen LogP contribution in [-0.2, 0) is 0 Å². The number of benzene rings is 3. The fourth-order valence-corrected chi connectivity index (χ4v) is 3.59. The van der Waals surface area contributed by atoms with Gasteiger partial charge in [-0.1, -0.05) is 30.3 Å². The highest BCUT2D eigenvalue weighted by Gasteiger charge is 2.16. The topological polar surface area (TPSA) is 45.4 Å². The van der Waals surface area contributed by atoms with Gasteiger partial charge in [-0.05, 0) is 30.3 Å². The van der Waals surface area contributed by atoms with Crippen LogP contribution in [0.15, 0.2) is 60.7 Å². The van der Waals surface area contributed by atoms with Crippen LogP contribution in [0.4, 0.5) is 17.1 Å². The van der Waals surface area contributed by atoms with Crippen molar-refractivity contribution < 1.29 is 0 Å². The summed E-state index contributed by atoms with van der Waals surface area (Å²) in [7, 11) is 8.24. The number of rotatable bonds is 3. The second-order valence-corrected chi connectivity index (χ2v) is 7.27. The van der Waals surface area contributed by atoms with Crippen LogP contribution in [0.25, 0.3) is 32.9 Å². The van der Waals surface area contributed by atoms with Crippen LogP contribution in [0.2, 0.25) is 0 Å². The van der Waals surface area contributed by atoms with E-state index in [2.05, 4.69) is 72.4 Å². The summed E-state index contributed by atoms with van der Waals surface area (Å²) >= 11 is 0. The second-order valence-electron chi connectivity index (χ2n) is 7.27. The van der Waals surface area contributed by atoms with Crippen LogP contribution in [0.5, 0.6) is 0 Å². The molecular formula is C23H24N4. The van der Waals surface area contributed by atoms with Gasteiger partial charge in [-0.3, -0.25) is 0 Å². The van der Waals surface area contributed by atoms with E-state index in [9.17, 15) is 0 Å². The fourth-order valence-electron chi connectivity index (χ4n) is 3.59. The van der Waals surface area contributed by atoms with E-state index in [1.165, 1.54) is 16.8 Å². The standard InChI is InChI=1S/C23H24N4/c1-26(2)16-10-12-18-21(14-16)25-20-13-15(24)9-11-17(20)23(18)19-7-5-6-8-22(19)27(3)4/h5-14H,24H2,1-4H3. The summed E-state index contributed by atoms with van der Waals surface area (Å²) in [5, 5.41) is 2.26. The Morgan fingerprint density at radius 3 is 2.11 bits per heavy atom. The molecule has 0 saturated heterocycles. The number of hydrogen-bond donors (Lipinski definition) is 1. The maximum Gasteiger partial charge on any atom is 0.0736 e. The third-order valence-corrected chi connectivity index (χ3v) is 4.95. The molecule has 1 heterocycles. The van der Waals surface area contributed by atoms with E-state index in [1.807, 2.05) is 26.2 Å². The molecule has 1 aromatic heterocycles. The zero-order chi connectivity index (χ0) is 19.1. The van der Waals surface area contributed by atoms with Crippen molar-refractivity contribution in [3.05, 3.63) is 60.7 Å². The third kappa shape index (κ3) is 2.93. The Hall–Kier alpha value is -3.27. The van der Waals surface area contributed by atoms with Crippen molar-refractivity contribution >= 4 is 38.9 Å². The molecule has 3 aromatic carbocycles. The Morgan fingerprint density at radius 1 is 0.741 bits per heavy atom. The Morgan fingerprint density at radius 2 is 1.41 bits per heavy atom. The lowest BCUT2D eigenvalue weighted by molar-refractivity contribution is 1.13. The molecule has 27 heavy (non-hydrogen) atoms. The lowest BCUT2D eigenvalue weighted by Gasteiger charge is -2.21. The Kier molecular flexibility index (Phi) is 4.11. The van der Waals surface area contributed by atoms with Gasteiger partial charge >= 0.3 is 0 Å². The number of anilines is 3. The van der Waals surface area contributed by atoms with Crippen LogP contribution >= 0.6 is 0 Å². The molecule has 2 N–H and O–H groups in total. The molecule has 4 heteroatoms. The third-order valence-electron chi connectivity index (χ3n) is 4.95. The molecule has 0 fully saturated rings. The Bertz CT molecular complexity index is 1150. The summed E-state index contributed by atoms with van der Waals surface area (Å²) in [6.07, 6.45) is 0. The van der Waals surface area contributed by atoms with Crippen LogP contribution in [0, 0.1) is 0 Å². The second kappa shape index (κ2) is 6.47. The predicted molar refractivity (Wildman–Crippen MR) is 118 cm³/mol. The summed E-state index contributed by atoms with van der Waals surface area (Å²) in [5.41, 5.74) is 13.4. The monoisotopic (exact) mass is 356 g/mol. The van der Waals surface area contributed by atoms with Crippen molar-refractivity contribution in [1.82, 2.24) is 4.98 Å². The zero-order valence-electron chi connectivity index (χ0n) is 16.2. The Balaban J connectivity index is 2.16. The minimum Gasteiger partial charge on any atom is -0.399 e. The molecule has 0 aliphatic rings. The van der Waals surface area contributed by atoms with Crippen LogP contribution in [0.1, 0.15) is 0 Å². The van der Waals surface area contributed by atoms with Crippen LogP contribution in [-0.4, -0.2) is 33.2 Å². The highest BCUT2D eigenvalue weighted by molar-refractivity contribution is 6.12. The molecule has 0 spiro atoms. The van der Waals surface area contributed by atoms with Gasteiger partial charge in [-0.25, -0.2) is 4.98 Å². The smallest absolute Gasteiger partial charge is 0.0736 e. The summed E-state index contributed by atoms with van der Waals surface area (Å²) < 4.78 is 0. The van der Waals surface area contributed by atoms with E-state index in [4.69, 9.17) is 10.7 Å². The van der Waals surface area contributed by atoms with Gasteiger partial charge in [0, 0.05) is 67.2 Å². The van der Waals surface area contributed by atoms with Gasteiger partial charge < -0.3 is 15.5 Å². The molecule has 0 atom stereocenters. The normalized spacial score (nSPS) is 11.1. The number of hydrogen-bond acceptors (Lipinski definition) is 4. The van der Waals surface area contributed by atoms with Crippen molar-refractivity contribution in [2.45, 2.75) is 0 Å². The van der Waals surface area contributed by atoms with Gasteiger partial charge in [0.1, 0.15) is 0 Å². The first kappa shape index (κ1) is 17.2. The summed E-state index contributed by atoms with van der Waals surface area (Å²) in [6.45, 7) is 0. The number of para-hydroxylation sites is 1. The largest absolute Gasteiger partial charge is 0.399 e. The van der Waals surface area contributed by atoms with E-state index in [0.29, 0.717) is 0 Å². The van der Waals surface area contributed by atoms with Gasteiger partial charge in [0.2, 0.25) is 0 Å². The molecular weight excluding hydrogens is 332 g/mol. The summed E-state index contributed by atoms with van der Waals surface area (Å²) in [6, 6.07) is 20.9. The fraction of sp³-hybridized carbons (Fsp3) is 0.174. The average Bonchev–Trinajstić information content (AvgIpc) is 2.65. The maximum absolute atomic E-state index is 6.06. The maximum atomic E-state index is 6.06. The molecule has 136 valence electrons. The van der Waals surface area contributed by atoms with Crippen molar-refractivity contribution in [3.8, 4) is 11.1 Å². The quantitative estimate of drug-likeness (QED) is 0.424. The zero-order valence-corrected chi connectivity index (χ0v) is 16.2. The highest BCUT2D eigenvalue weighted by atomic mass is 15.1. The van der Waals surface area contributed by atoms with Crippen LogP contribution < -0.4 is 15.5 Å². The number of aromatic nitrogens is 1. The molecule has 4 aromatic rings. The van der Waals surface area contributed by atoms with Crippen molar-refractivity contribution in [1.29, 1.82) is 0 Å². The molecule has 4 rings (SSSR count). The van der Waals surface area contributed by atoms with Gasteiger partial charge in [-0.15, -0.1) is 0 Å². The molecule has 0 aliphatic carbocycles. The minimum absolute atomic E-state index is 0.727. The van der Waals surface area contributed by atoms with E-state index < -0.39 is 0 Å². The molecule has 0 unspecified atom stereocenters. The lowest BCUT2D eigenvalue weighted by atomic mass is 9.94. The first-order chi connectivity index (χ1) is 13.0. The van der Waals surface area contributed by atoms with Gasteiger partial charge in [0.15, 0.2) is 0 Å². The van der Waals surface area contributed by atoms with Crippen LogP contribution in [0.3, 0.4) is 0 Å². The average molecular weight is 356 g/mol. The number of nitrogens with two attached hydrogens (primary N) is 1. The molecule has 0 saturated carbocycles. The van der Waals surface area contributed by atoms with Crippen molar-refractivity contribution in [2.24, 2.45) is 0 Å². The van der Waals surface area contributed by atoms with Gasteiger partial charge in [0.05, 0.1) is 11.0 Å². The molecule has 4 nitrogen and oxygen atoms in total. The van der Waals surface area contributed by atoms with Gasteiger partial charge in [0.25, 0.3) is 0 Å². The number of nitrogens with zero attached hydrogens (tertiary/aromatic N) is 3. The predicted octanol–water partition coefficient (Wildman–Crippen LogP) is 4.77. The van der Waals surface area contributed by atoms with Crippen molar-refractivity contribution in [2.75, 3.05) is 43.7 Å². The number of fused-ring (bicyclic) bond motifs is 2. The van der Waals surface area contributed by atoms with E-state index >= 15 is 0 Å². The highest BCUT2D eigenvalue weighted by Crippen LogP contribution is 2.40. The van der Waals surface area contributed by atoms with E-state index in [0.717, 1.165) is 33.2 Å². The first-order valence-electron chi connectivity index (χ1n) is 9.03. The minimum atomic E-state index is 0.727. The Labute approximate surface area is 159 Å². The van der Waals surface area contributed by atoms with Crippen molar-refractivity contribution in [3.63, 3.8) is 0 Å². The van der Waals surface area contributed by atoms with Gasteiger partial charge in [-0.2, -0.15) is 0 Å². The van der Waals surface area contributed by atoms with E-state index in [-0.39, 0.29) is 0 Å². The summed E-state index contributed by atoms with van der Waals surface area (Å²) in [4.78, 5) is 9.17. The number of pyridine rings is 1. The molecule has 0 radical (unpaired) electrons. The molecule has 0 aliphatic heterocycles. The number of nitrogen functional groups attached to an aromatic ring is 1. The molecule has 0 amide bonds. The lowest BCUT2D eigenvalue weighted by Crippen LogP contribution is -2.10. The SMILES string of the molecule is CN(C)c1ccc2c(-c3ccccc3N(C)C)c3ccc(N)cc3nc2c1. The molecule has 0 bridgehead atoms.